The van der Waals surface area contributed by atoms with Crippen LogP contribution in [0.2, 0.25) is 0 Å². The Kier molecular flexibility index (Phi) is 6.08. The Balaban J connectivity index is 1.12. The minimum Gasteiger partial charge on any atom is -0.455 e. The van der Waals surface area contributed by atoms with Gasteiger partial charge in [-0.3, -0.25) is 0 Å². The van der Waals surface area contributed by atoms with E-state index in [2.05, 4.69) is 184 Å². The van der Waals surface area contributed by atoms with Crippen molar-refractivity contribution in [3.8, 4) is 44.5 Å². The summed E-state index contributed by atoms with van der Waals surface area (Å²) < 4.78 is 6.65. The van der Waals surface area contributed by atoms with E-state index in [9.17, 15) is 0 Å². The molecule has 0 saturated heterocycles. The van der Waals surface area contributed by atoms with Crippen LogP contribution < -0.4 is 0 Å². The maximum absolute atomic E-state index is 6.65. The smallest absolute Gasteiger partial charge is 0.143 e. The van der Waals surface area contributed by atoms with Gasteiger partial charge in [-0.2, -0.15) is 0 Å². The molecule has 0 fully saturated rings. The summed E-state index contributed by atoms with van der Waals surface area (Å²) in [7, 11) is 0. The Labute approximate surface area is 302 Å². The van der Waals surface area contributed by atoms with Gasteiger partial charge in [-0.05, 0) is 107 Å². The van der Waals surface area contributed by atoms with Crippen LogP contribution in [0.1, 0.15) is 25.0 Å². The Bertz CT molecular complexity index is 3010. The highest BCUT2D eigenvalue weighted by Gasteiger charge is 2.37. The molecule has 10 aromatic rings. The van der Waals surface area contributed by atoms with Crippen molar-refractivity contribution in [2.75, 3.05) is 0 Å². The molecule has 0 N–H and O–H groups in total. The van der Waals surface area contributed by atoms with Crippen LogP contribution in [0.3, 0.4) is 0 Å². The van der Waals surface area contributed by atoms with E-state index in [1.54, 1.807) is 0 Å². The summed E-state index contributed by atoms with van der Waals surface area (Å²) >= 11 is 0. The molecule has 1 heteroatoms. The fourth-order valence-electron chi connectivity index (χ4n) is 9.11. The van der Waals surface area contributed by atoms with Crippen LogP contribution in [-0.2, 0) is 5.41 Å². The van der Waals surface area contributed by atoms with Crippen molar-refractivity contribution in [2.24, 2.45) is 0 Å². The third kappa shape index (κ3) is 4.11. The first-order chi connectivity index (χ1) is 25.5. The zero-order valence-corrected chi connectivity index (χ0v) is 29.1. The molecule has 0 bridgehead atoms. The second-order valence-corrected chi connectivity index (χ2v) is 14.8. The zero-order chi connectivity index (χ0) is 34.6. The van der Waals surface area contributed by atoms with Gasteiger partial charge in [0.2, 0.25) is 0 Å². The van der Waals surface area contributed by atoms with Crippen molar-refractivity contribution in [1.29, 1.82) is 0 Å². The molecule has 52 heavy (non-hydrogen) atoms. The molecule has 0 spiro atoms. The molecule has 1 nitrogen and oxygen atoms in total. The highest BCUT2D eigenvalue weighted by molar-refractivity contribution is 6.22. The van der Waals surface area contributed by atoms with Crippen molar-refractivity contribution in [2.45, 2.75) is 19.3 Å². The molecule has 0 aliphatic heterocycles. The molecule has 0 amide bonds. The largest absolute Gasteiger partial charge is 0.455 e. The lowest BCUT2D eigenvalue weighted by Gasteiger charge is -2.22. The first-order valence-corrected chi connectivity index (χ1v) is 18.2. The van der Waals surface area contributed by atoms with E-state index in [0.29, 0.717) is 0 Å². The monoisotopic (exact) mass is 662 g/mol. The predicted octanol–water partition coefficient (Wildman–Crippen LogP) is 14.4. The molecule has 1 aromatic heterocycles. The van der Waals surface area contributed by atoms with E-state index in [1.807, 2.05) is 0 Å². The van der Waals surface area contributed by atoms with Gasteiger partial charge in [0, 0.05) is 21.6 Å². The van der Waals surface area contributed by atoms with Crippen molar-refractivity contribution >= 4 is 54.3 Å². The molecule has 9 aromatic carbocycles. The minimum absolute atomic E-state index is 0.154. The van der Waals surface area contributed by atoms with Crippen molar-refractivity contribution in [3.63, 3.8) is 0 Å². The van der Waals surface area contributed by atoms with Gasteiger partial charge in [0.1, 0.15) is 11.2 Å². The second kappa shape index (κ2) is 10.8. The Morgan fingerprint density at radius 2 is 0.904 bits per heavy atom. The number of hydrogen-bond acceptors (Lipinski definition) is 1. The van der Waals surface area contributed by atoms with Crippen molar-refractivity contribution < 1.29 is 4.42 Å². The van der Waals surface area contributed by atoms with Gasteiger partial charge in [-0.25, -0.2) is 0 Å². The molecule has 1 aliphatic rings. The molecule has 244 valence electrons. The average molecular weight is 663 g/mol. The van der Waals surface area contributed by atoms with Crippen LogP contribution in [0, 0.1) is 0 Å². The molecular formula is C51H34O. The Morgan fingerprint density at radius 1 is 0.365 bits per heavy atom. The van der Waals surface area contributed by atoms with E-state index < -0.39 is 0 Å². The number of hydrogen-bond donors (Lipinski definition) is 0. The molecular weight excluding hydrogens is 629 g/mol. The number of furan rings is 1. The first kappa shape index (κ1) is 29.3. The molecule has 1 heterocycles. The standard InChI is InChI=1S/C51H34O/c1-51(2)45-27-25-35(28-42(45)43-29-44-41-26-24-33-14-6-7-15-36(33)50(41)52-47(44)30-46(43)51)49-39-18-10-8-16-37(39)48(38-17-9-11-19-40(38)49)34-22-20-32(21-23-34)31-12-4-3-5-13-31/h3-30H,1-2H3. The van der Waals surface area contributed by atoms with E-state index in [0.717, 1.165) is 16.6 Å². The normalized spacial score (nSPS) is 13.3. The van der Waals surface area contributed by atoms with Gasteiger partial charge in [-0.1, -0.05) is 159 Å². The van der Waals surface area contributed by atoms with Crippen molar-refractivity contribution in [1.82, 2.24) is 0 Å². The van der Waals surface area contributed by atoms with E-state index >= 15 is 0 Å². The lowest BCUT2D eigenvalue weighted by Crippen LogP contribution is -2.14. The van der Waals surface area contributed by atoms with Gasteiger partial charge in [0.15, 0.2) is 0 Å². The fourth-order valence-corrected chi connectivity index (χ4v) is 9.11. The summed E-state index contributed by atoms with van der Waals surface area (Å²) in [5, 5.41) is 9.77. The quantitative estimate of drug-likeness (QED) is 0.172. The first-order valence-electron chi connectivity index (χ1n) is 18.2. The average Bonchev–Trinajstić information content (AvgIpc) is 3.67. The summed E-state index contributed by atoms with van der Waals surface area (Å²) in [5.74, 6) is 0. The predicted molar refractivity (Wildman–Crippen MR) is 220 cm³/mol. The number of benzene rings is 9. The van der Waals surface area contributed by atoms with Crippen molar-refractivity contribution in [3.05, 3.63) is 181 Å². The molecule has 0 radical (unpaired) electrons. The van der Waals surface area contributed by atoms with Gasteiger partial charge < -0.3 is 4.42 Å². The van der Waals surface area contributed by atoms with Gasteiger partial charge in [0.25, 0.3) is 0 Å². The summed E-state index contributed by atoms with van der Waals surface area (Å²) in [5.41, 5.74) is 14.5. The maximum Gasteiger partial charge on any atom is 0.143 e. The van der Waals surface area contributed by atoms with Gasteiger partial charge in [0.05, 0.1) is 0 Å². The van der Waals surface area contributed by atoms with Crippen LogP contribution in [0.25, 0.3) is 98.8 Å². The lowest BCUT2D eigenvalue weighted by molar-refractivity contribution is 0.648. The summed E-state index contributed by atoms with van der Waals surface area (Å²) in [4.78, 5) is 0. The molecule has 11 rings (SSSR count). The van der Waals surface area contributed by atoms with Crippen LogP contribution in [0.15, 0.2) is 174 Å². The van der Waals surface area contributed by atoms with Crippen LogP contribution in [-0.4, -0.2) is 0 Å². The highest BCUT2D eigenvalue weighted by Crippen LogP contribution is 2.53. The van der Waals surface area contributed by atoms with E-state index in [1.165, 1.54) is 93.3 Å². The number of rotatable bonds is 3. The van der Waals surface area contributed by atoms with Crippen LogP contribution in [0.4, 0.5) is 0 Å². The van der Waals surface area contributed by atoms with Crippen LogP contribution in [0.5, 0.6) is 0 Å². The summed E-state index contributed by atoms with van der Waals surface area (Å²) in [6.45, 7) is 4.70. The van der Waals surface area contributed by atoms with Crippen LogP contribution >= 0.6 is 0 Å². The highest BCUT2D eigenvalue weighted by atomic mass is 16.3. The van der Waals surface area contributed by atoms with Gasteiger partial charge in [-0.15, -0.1) is 0 Å². The maximum atomic E-state index is 6.65. The third-order valence-corrected chi connectivity index (χ3v) is 11.7. The zero-order valence-electron chi connectivity index (χ0n) is 29.1. The second-order valence-electron chi connectivity index (χ2n) is 14.8. The molecule has 0 atom stereocenters. The molecule has 1 aliphatic carbocycles. The Hall–Kier alpha value is -6.44. The lowest BCUT2D eigenvalue weighted by atomic mass is 9.81. The molecule has 0 unspecified atom stereocenters. The summed E-state index contributed by atoms with van der Waals surface area (Å²) in [6, 6.07) is 62.4. The summed E-state index contributed by atoms with van der Waals surface area (Å²) in [6.07, 6.45) is 0. The van der Waals surface area contributed by atoms with Gasteiger partial charge >= 0.3 is 0 Å². The Morgan fingerprint density at radius 3 is 1.60 bits per heavy atom. The van der Waals surface area contributed by atoms with E-state index in [4.69, 9.17) is 4.42 Å². The minimum atomic E-state index is -0.154. The van der Waals surface area contributed by atoms with E-state index in [-0.39, 0.29) is 5.41 Å². The third-order valence-electron chi connectivity index (χ3n) is 11.7. The number of fused-ring (bicyclic) bond motifs is 10. The molecule has 0 saturated carbocycles. The SMILES string of the molecule is CC1(C)c2ccc(-c3c4ccccc4c(-c4ccc(-c5ccccc5)cc4)c4ccccc34)cc2-c2cc3c(cc21)oc1c2ccccc2ccc31. The fraction of sp³-hybridized carbons (Fsp3) is 0.0588. The topological polar surface area (TPSA) is 13.1 Å².